The predicted molar refractivity (Wildman–Crippen MR) is 84.5 cm³/mol. The summed E-state index contributed by atoms with van der Waals surface area (Å²) in [6, 6.07) is 0.433. The fourth-order valence-electron chi connectivity index (χ4n) is 4.10. The van der Waals surface area contributed by atoms with Crippen molar-refractivity contribution in [2.75, 3.05) is 40.8 Å². The third-order valence-electron chi connectivity index (χ3n) is 5.40. The van der Waals surface area contributed by atoms with Gasteiger partial charge in [-0.3, -0.25) is 4.79 Å². The molecule has 2 aliphatic rings. The first-order chi connectivity index (χ1) is 9.97. The van der Waals surface area contributed by atoms with Crippen molar-refractivity contribution in [3.63, 3.8) is 0 Å². The zero-order chi connectivity index (χ0) is 15.5. The smallest absolute Gasteiger partial charge is 0.323 e. The molecular weight excluding hydrogens is 266 g/mol. The second kappa shape index (κ2) is 7.07. The Morgan fingerprint density at radius 2 is 2.00 bits per heavy atom. The van der Waals surface area contributed by atoms with Crippen molar-refractivity contribution in [3.8, 4) is 0 Å². The summed E-state index contributed by atoms with van der Waals surface area (Å²) in [5, 5.41) is 12.6. The van der Waals surface area contributed by atoms with Crippen LogP contribution in [0.15, 0.2) is 0 Å². The van der Waals surface area contributed by atoms with Gasteiger partial charge < -0.3 is 20.2 Å². The van der Waals surface area contributed by atoms with Gasteiger partial charge in [0.15, 0.2) is 0 Å². The number of hydrogen-bond acceptors (Lipinski definition) is 4. The Kier molecular flexibility index (Phi) is 5.63. The first-order valence-corrected chi connectivity index (χ1v) is 8.28. The largest absolute Gasteiger partial charge is 0.480 e. The highest BCUT2D eigenvalue weighted by Gasteiger charge is 2.43. The van der Waals surface area contributed by atoms with Gasteiger partial charge in [-0.25, -0.2) is 0 Å². The van der Waals surface area contributed by atoms with E-state index in [-0.39, 0.29) is 0 Å². The van der Waals surface area contributed by atoms with Gasteiger partial charge >= 0.3 is 5.97 Å². The van der Waals surface area contributed by atoms with Crippen molar-refractivity contribution < 1.29 is 9.90 Å². The molecule has 5 heteroatoms. The highest BCUT2D eigenvalue weighted by Crippen LogP contribution is 2.33. The van der Waals surface area contributed by atoms with E-state index in [0.717, 1.165) is 44.7 Å². The summed E-state index contributed by atoms with van der Waals surface area (Å²) in [5.41, 5.74) is -0.705. The van der Waals surface area contributed by atoms with Crippen LogP contribution in [0.2, 0.25) is 0 Å². The summed E-state index contributed by atoms with van der Waals surface area (Å²) in [6.07, 6.45) is 6.15. The van der Waals surface area contributed by atoms with Crippen molar-refractivity contribution in [3.05, 3.63) is 0 Å². The molecule has 0 aromatic carbocycles. The Morgan fingerprint density at radius 1 is 1.33 bits per heavy atom. The third-order valence-corrected chi connectivity index (χ3v) is 5.40. The molecule has 122 valence electrons. The third kappa shape index (κ3) is 3.96. The number of hydrogen-bond donors (Lipinski definition) is 2. The minimum Gasteiger partial charge on any atom is -0.480 e. The molecule has 0 amide bonds. The molecule has 2 rings (SSSR count). The molecule has 21 heavy (non-hydrogen) atoms. The number of rotatable bonds is 5. The van der Waals surface area contributed by atoms with E-state index in [4.69, 9.17) is 0 Å². The summed E-state index contributed by atoms with van der Waals surface area (Å²) in [7, 11) is 6.07. The summed E-state index contributed by atoms with van der Waals surface area (Å²) in [6.45, 7) is 3.43. The lowest BCUT2D eigenvalue weighted by Crippen LogP contribution is -2.58. The number of nitrogens with one attached hydrogen (secondary N) is 1. The van der Waals surface area contributed by atoms with Gasteiger partial charge in [-0.2, -0.15) is 0 Å². The Balaban J connectivity index is 1.90. The molecule has 2 unspecified atom stereocenters. The summed E-state index contributed by atoms with van der Waals surface area (Å²) < 4.78 is 0. The summed E-state index contributed by atoms with van der Waals surface area (Å²) >= 11 is 0. The van der Waals surface area contributed by atoms with Crippen molar-refractivity contribution in [2.24, 2.45) is 5.92 Å². The number of likely N-dealkylation sites (N-methyl/N-ethyl adjacent to an activating group) is 1. The standard InChI is InChI=1S/C16H31N3O2/c1-17-16(15(20)21)8-4-5-14(11-16)19-9-6-13(7-10-19)12-18(2)3/h13-14,17H,4-12H2,1-3H3,(H,20,21). The number of carboxylic acid groups (broad SMARTS) is 1. The summed E-state index contributed by atoms with van der Waals surface area (Å²) in [4.78, 5) is 16.4. The van der Waals surface area contributed by atoms with Gasteiger partial charge in [0.1, 0.15) is 5.54 Å². The number of likely N-dealkylation sites (tertiary alicyclic amines) is 1. The molecule has 0 radical (unpaired) electrons. The zero-order valence-electron chi connectivity index (χ0n) is 13.8. The molecule has 0 aromatic heterocycles. The molecule has 1 saturated carbocycles. The van der Waals surface area contributed by atoms with Crippen molar-refractivity contribution >= 4 is 5.97 Å². The lowest BCUT2D eigenvalue weighted by atomic mass is 9.77. The minimum absolute atomic E-state index is 0.433. The van der Waals surface area contributed by atoms with Crippen LogP contribution in [-0.2, 0) is 4.79 Å². The minimum atomic E-state index is -0.705. The van der Waals surface area contributed by atoms with Crippen LogP contribution in [0.3, 0.4) is 0 Å². The molecule has 1 aliphatic carbocycles. The van der Waals surface area contributed by atoms with Gasteiger partial charge in [-0.05, 0) is 78.7 Å². The van der Waals surface area contributed by atoms with Gasteiger partial charge in [-0.1, -0.05) is 0 Å². The molecule has 0 bridgehead atoms. The van der Waals surface area contributed by atoms with Gasteiger partial charge in [0, 0.05) is 12.6 Å². The highest BCUT2D eigenvalue weighted by atomic mass is 16.4. The number of piperidine rings is 1. The maximum absolute atomic E-state index is 11.6. The monoisotopic (exact) mass is 297 g/mol. The van der Waals surface area contributed by atoms with Crippen LogP contribution in [-0.4, -0.2) is 73.2 Å². The van der Waals surface area contributed by atoms with E-state index >= 15 is 0 Å². The van der Waals surface area contributed by atoms with Crippen LogP contribution in [0.1, 0.15) is 38.5 Å². The highest BCUT2D eigenvalue weighted by molar-refractivity contribution is 5.79. The van der Waals surface area contributed by atoms with Crippen molar-refractivity contribution in [1.82, 2.24) is 15.1 Å². The fourth-order valence-corrected chi connectivity index (χ4v) is 4.10. The van der Waals surface area contributed by atoms with Crippen LogP contribution in [0.25, 0.3) is 0 Å². The molecular formula is C16H31N3O2. The molecule has 0 spiro atoms. The van der Waals surface area contributed by atoms with E-state index in [1.54, 1.807) is 7.05 Å². The first-order valence-electron chi connectivity index (χ1n) is 8.28. The van der Waals surface area contributed by atoms with Crippen molar-refractivity contribution in [2.45, 2.75) is 50.1 Å². The number of aliphatic carboxylic acids is 1. The zero-order valence-corrected chi connectivity index (χ0v) is 13.8. The van der Waals surface area contributed by atoms with Crippen LogP contribution in [0, 0.1) is 5.92 Å². The Morgan fingerprint density at radius 3 is 2.52 bits per heavy atom. The Hall–Kier alpha value is -0.650. The Bertz CT molecular complexity index is 353. The maximum Gasteiger partial charge on any atom is 0.323 e. The van der Waals surface area contributed by atoms with Crippen molar-refractivity contribution in [1.29, 1.82) is 0 Å². The molecule has 1 heterocycles. The van der Waals surface area contributed by atoms with E-state index in [0.29, 0.717) is 6.04 Å². The van der Waals surface area contributed by atoms with Gasteiger partial charge in [0.05, 0.1) is 0 Å². The van der Waals surface area contributed by atoms with Crippen LogP contribution in [0.5, 0.6) is 0 Å². The van der Waals surface area contributed by atoms with Gasteiger partial charge in [0.25, 0.3) is 0 Å². The van der Waals surface area contributed by atoms with Crippen LogP contribution < -0.4 is 5.32 Å². The fraction of sp³-hybridized carbons (Fsp3) is 0.938. The van der Waals surface area contributed by atoms with E-state index in [1.807, 2.05) is 0 Å². The van der Waals surface area contributed by atoms with Gasteiger partial charge in [0.2, 0.25) is 0 Å². The van der Waals surface area contributed by atoms with E-state index in [9.17, 15) is 9.90 Å². The maximum atomic E-state index is 11.6. The van der Waals surface area contributed by atoms with E-state index in [2.05, 4.69) is 29.2 Å². The Labute approximate surface area is 128 Å². The van der Waals surface area contributed by atoms with Gasteiger partial charge in [-0.15, -0.1) is 0 Å². The normalized spacial score (nSPS) is 32.5. The molecule has 2 N–H and O–H groups in total. The van der Waals surface area contributed by atoms with E-state index < -0.39 is 11.5 Å². The average Bonchev–Trinajstić information content (AvgIpc) is 2.47. The van der Waals surface area contributed by atoms with E-state index in [1.165, 1.54) is 19.4 Å². The quantitative estimate of drug-likeness (QED) is 0.800. The number of carbonyl (C=O) groups is 1. The number of carboxylic acids is 1. The lowest BCUT2D eigenvalue weighted by molar-refractivity contribution is -0.147. The molecule has 5 nitrogen and oxygen atoms in total. The molecule has 2 fully saturated rings. The molecule has 0 aromatic rings. The van der Waals surface area contributed by atoms with Crippen LogP contribution in [0.4, 0.5) is 0 Å². The second-order valence-electron chi connectivity index (χ2n) is 7.13. The molecule has 2 atom stereocenters. The molecule has 1 saturated heterocycles. The van der Waals surface area contributed by atoms with Crippen LogP contribution >= 0.6 is 0 Å². The average molecular weight is 297 g/mol. The molecule has 1 aliphatic heterocycles. The second-order valence-corrected chi connectivity index (χ2v) is 7.13. The lowest BCUT2D eigenvalue weighted by Gasteiger charge is -2.44. The number of nitrogens with zero attached hydrogens (tertiary/aromatic N) is 2. The SMILES string of the molecule is CNC1(C(=O)O)CCCC(N2CCC(CN(C)C)CC2)C1. The predicted octanol–water partition coefficient (Wildman–Crippen LogP) is 1.25. The first kappa shape index (κ1) is 16.7. The summed E-state index contributed by atoms with van der Waals surface area (Å²) in [5.74, 6) is 0.116. The topological polar surface area (TPSA) is 55.8 Å².